The van der Waals surface area contributed by atoms with E-state index in [-0.39, 0.29) is 12.0 Å². The molecule has 19 heavy (non-hydrogen) atoms. The van der Waals surface area contributed by atoms with Gasteiger partial charge < -0.3 is 25.5 Å². The highest BCUT2D eigenvalue weighted by molar-refractivity contribution is 5.86. The molecule has 0 bridgehead atoms. The lowest BCUT2D eigenvalue weighted by molar-refractivity contribution is -0.145. The highest BCUT2D eigenvalue weighted by Crippen LogP contribution is 2.27. The van der Waals surface area contributed by atoms with Gasteiger partial charge in [-0.05, 0) is 18.8 Å². The fourth-order valence-corrected chi connectivity index (χ4v) is 1.95. The first-order chi connectivity index (χ1) is 8.79. The molecule has 1 atom stereocenters. The molecule has 4 N–H and O–H groups in total. The van der Waals surface area contributed by atoms with Gasteiger partial charge in [-0.25, -0.2) is 9.59 Å². The first kappa shape index (κ1) is 15.2. The SMILES string of the molecule is CN(CC1CC(O)C1)C(=O)NC(CC(=O)O)C(=O)O. The maximum atomic E-state index is 11.7. The molecule has 8 heteroatoms. The Kier molecular flexibility index (Phi) is 5.11. The standard InChI is InChI=1S/C11H18N2O6/c1-13(5-6-2-7(14)3-6)11(19)12-8(10(17)18)4-9(15)16/h6-8,14H,2-5H2,1H3,(H,12,19)(H,15,16)(H,17,18). The maximum absolute atomic E-state index is 11.7. The zero-order valence-electron chi connectivity index (χ0n) is 10.6. The van der Waals surface area contributed by atoms with Gasteiger partial charge in [0.25, 0.3) is 0 Å². The number of aliphatic hydroxyl groups is 1. The predicted molar refractivity (Wildman–Crippen MR) is 63.6 cm³/mol. The van der Waals surface area contributed by atoms with Gasteiger partial charge in [0.15, 0.2) is 0 Å². The summed E-state index contributed by atoms with van der Waals surface area (Å²) in [5, 5.41) is 28.6. The normalized spacial score (nSPS) is 23.1. The van der Waals surface area contributed by atoms with Crippen molar-refractivity contribution in [2.45, 2.75) is 31.4 Å². The van der Waals surface area contributed by atoms with Crippen molar-refractivity contribution in [1.82, 2.24) is 10.2 Å². The number of amides is 2. The smallest absolute Gasteiger partial charge is 0.326 e. The fourth-order valence-electron chi connectivity index (χ4n) is 1.95. The lowest BCUT2D eigenvalue weighted by Crippen LogP contribution is -2.49. The van der Waals surface area contributed by atoms with Crippen LogP contribution in [0.5, 0.6) is 0 Å². The van der Waals surface area contributed by atoms with E-state index in [0.717, 1.165) is 0 Å². The molecule has 0 aliphatic heterocycles. The number of carbonyl (C=O) groups is 3. The second-order valence-electron chi connectivity index (χ2n) is 4.81. The van der Waals surface area contributed by atoms with Crippen LogP contribution in [0.2, 0.25) is 0 Å². The van der Waals surface area contributed by atoms with Crippen LogP contribution in [0.15, 0.2) is 0 Å². The summed E-state index contributed by atoms with van der Waals surface area (Å²) in [7, 11) is 1.50. The summed E-state index contributed by atoms with van der Waals surface area (Å²) in [6, 6.07) is -2.07. The fraction of sp³-hybridized carbons (Fsp3) is 0.727. The number of nitrogens with one attached hydrogen (secondary N) is 1. The topological polar surface area (TPSA) is 127 Å². The number of urea groups is 1. The molecule has 8 nitrogen and oxygen atoms in total. The largest absolute Gasteiger partial charge is 0.481 e. The average molecular weight is 274 g/mol. The second-order valence-corrected chi connectivity index (χ2v) is 4.81. The van der Waals surface area contributed by atoms with Crippen LogP contribution in [0.1, 0.15) is 19.3 Å². The third-order valence-corrected chi connectivity index (χ3v) is 3.06. The molecule has 0 heterocycles. The van der Waals surface area contributed by atoms with Gasteiger partial charge in [0.05, 0.1) is 12.5 Å². The number of aliphatic hydroxyl groups excluding tert-OH is 1. The number of nitrogens with zero attached hydrogens (tertiary/aromatic N) is 1. The number of carboxylic acid groups (broad SMARTS) is 2. The Hall–Kier alpha value is -1.83. The van der Waals surface area contributed by atoms with Crippen molar-refractivity contribution >= 4 is 18.0 Å². The van der Waals surface area contributed by atoms with E-state index in [1.807, 2.05) is 0 Å². The summed E-state index contributed by atoms with van der Waals surface area (Å²) < 4.78 is 0. The highest BCUT2D eigenvalue weighted by atomic mass is 16.4. The summed E-state index contributed by atoms with van der Waals surface area (Å²) >= 11 is 0. The molecular formula is C11H18N2O6. The second kappa shape index (κ2) is 6.37. The van der Waals surface area contributed by atoms with Crippen molar-refractivity contribution < 1.29 is 29.7 Å². The minimum Gasteiger partial charge on any atom is -0.481 e. The molecule has 0 aromatic heterocycles. The Morgan fingerprint density at radius 3 is 2.32 bits per heavy atom. The number of rotatable bonds is 6. The summed E-state index contributed by atoms with van der Waals surface area (Å²) in [5.41, 5.74) is 0. The van der Waals surface area contributed by atoms with Gasteiger partial charge in [0, 0.05) is 13.6 Å². The number of carbonyl (C=O) groups excluding carboxylic acids is 1. The van der Waals surface area contributed by atoms with E-state index < -0.39 is 30.4 Å². The lowest BCUT2D eigenvalue weighted by Gasteiger charge is -2.34. The molecule has 0 saturated heterocycles. The Labute approximate surface area is 110 Å². The zero-order valence-corrected chi connectivity index (χ0v) is 10.6. The van der Waals surface area contributed by atoms with Crippen molar-refractivity contribution in [3.8, 4) is 0 Å². The van der Waals surface area contributed by atoms with Gasteiger partial charge in [-0.3, -0.25) is 4.79 Å². The third-order valence-electron chi connectivity index (χ3n) is 3.06. The molecule has 2 amide bonds. The molecule has 0 aromatic carbocycles. The third kappa shape index (κ3) is 4.74. The summed E-state index contributed by atoms with van der Waals surface area (Å²) in [6.45, 7) is 0.405. The number of hydrogen-bond donors (Lipinski definition) is 4. The molecular weight excluding hydrogens is 256 g/mol. The van der Waals surface area contributed by atoms with Gasteiger partial charge in [-0.15, -0.1) is 0 Å². The molecule has 1 unspecified atom stereocenters. The quantitative estimate of drug-likeness (QED) is 0.508. The van der Waals surface area contributed by atoms with E-state index in [2.05, 4.69) is 5.32 Å². The molecule has 0 radical (unpaired) electrons. The Bertz CT molecular complexity index is 366. The van der Waals surface area contributed by atoms with E-state index in [0.29, 0.717) is 19.4 Å². The van der Waals surface area contributed by atoms with Crippen LogP contribution in [-0.4, -0.2) is 63.9 Å². The van der Waals surface area contributed by atoms with Crippen molar-refractivity contribution in [1.29, 1.82) is 0 Å². The van der Waals surface area contributed by atoms with Crippen molar-refractivity contribution in [2.75, 3.05) is 13.6 Å². The minimum atomic E-state index is -1.44. The minimum absolute atomic E-state index is 0.202. The van der Waals surface area contributed by atoms with Crippen LogP contribution in [0, 0.1) is 5.92 Å². The molecule has 1 fully saturated rings. The Morgan fingerprint density at radius 1 is 1.32 bits per heavy atom. The van der Waals surface area contributed by atoms with Gasteiger partial charge in [-0.1, -0.05) is 0 Å². The van der Waals surface area contributed by atoms with Crippen LogP contribution in [0.4, 0.5) is 4.79 Å². The highest BCUT2D eigenvalue weighted by Gasteiger charge is 2.30. The molecule has 1 saturated carbocycles. The summed E-state index contributed by atoms with van der Waals surface area (Å²) in [6.07, 6.45) is 0.251. The van der Waals surface area contributed by atoms with E-state index in [1.165, 1.54) is 11.9 Å². The van der Waals surface area contributed by atoms with E-state index in [9.17, 15) is 14.4 Å². The average Bonchev–Trinajstić information content (AvgIpc) is 2.24. The van der Waals surface area contributed by atoms with E-state index in [4.69, 9.17) is 15.3 Å². The van der Waals surface area contributed by atoms with Gasteiger partial charge >= 0.3 is 18.0 Å². The molecule has 1 aliphatic rings. The predicted octanol–water partition coefficient (Wildman–Crippen LogP) is -0.673. The van der Waals surface area contributed by atoms with Gasteiger partial charge in [0.2, 0.25) is 0 Å². The number of hydrogen-bond acceptors (Lipinski definition) is 4. The van der Waals surface area contributed by atoms with E-state index in [1.54, 1.807) is 0 Å². The van der Waals surface area contributed by atoms with Crippen LogP contribution >= 0.6 is 0 Å². The maximum Gasteiger partial charge on any atom is 0.326 e. The van der Waals surface area contributed by atoms with Crippen LogP contribution in [0.3, 0.4) is 0 Å². The molecule has 0 aromatic rings. The first-order valence-electron chi connectivity index (χ1n) is 5.94. The van der Waals surface area contributed by atoms with Crippen molar-refractivity contribution in [3.05, 3.63) is 0 Å². The number of aliphatic carboxylic acids is 2. The van der Waals surface area contributed by atoms with Gasteiger partial charge in [0.1, 0.15) is 6.04 Å². The van der Waals surface area contributed by atoms with Crippen molar-refractivity contribution in [3.63, 3.8) is 0 Å². The van der Waals surface area contributed by atoms with Gasteiger partial charge in [-0.2, -0.15) is 0 Å². The van der Waals surface area contributed by atoms with E-state index >= 15 is 0 Å². The Balaban J connectivity index is 2.42. The monoisotopic (exact) mass is 274 g/mol. The molecule has 1 rings (SSSR count). The molecule has 1 aliphatic carbocycles. The lowest BCUT2D eigenvalue weighted by atomic mass is 9.82. The molecule has 108 valence electrons. The molecule has 0 spiro atoms. The summed E-state index contributed by atoms with van der Waals surface area (Å²) in [5.74, 6) is -2.48. The van der Waals surface area contributed by atoms with Crippen LogP contribution < -0.4 is 5.32 Å². The van der Waals surface area contributed by atoms with Crippen molar-refractivity contribution in [2.24, 2.45) is 5.92 Å². The zero-order chi connectivity index (χ0) is 14.6. The van der Waals surface area contributed by atoms with Crippen LogP contribution in [-0.2, 0) is 9.59 Å². The summed E-state index contributed by atoms with van der Waals surface area (Å²) in [4.78, 5) is 34.3. The first-order valence-corrected chi connectivity index (χ1v) is 5.94. The number of carboxylic acids is 2. The Morgan fingerprint density at radius 2 is 1.89 bits per heavy atom. The van der Waals surface area contributed by atoms with Crippen LogP contribution in [0.25, 0.3) is 0 Å².